The molecule has 0 heterocycles. The number of benzene rings is 2. The Kier molecular flexibility index (Phi) is 4.50. The van der Waals surface area contributed by atoms with Gasteiger partial charge in [0.25, 0.3) is 11.6 Å². The number of amides is 1. The highest BCUT2D eigenvalue weighted by Crippen LogP contribution is 2.24. The van der Waals surface area contributed by atoms with Crippen molar-refractivity contribution in [1.82, 2.24) is 4.90 Å². The van der Waals surface area contributed by atoms with E-state index in [1.807, 2.05) is 0 Å². The maximum Gasteiger partial charge on any atom is 0.269 e. The molecule has 0 bridgehead atoms. The minimum absolute atomic E-state index is 0.0257. The highest BCUT2D eigenvalue weighted by Gasteiger charge is 2.22. The number of hydrogen-bond donors (Lipinski definition) is 0. The van der Waals surface area contributed by atoms with E-state index in [-0.39, 0.29) is 11.3 Å². The second kappa shape index (κ2) is 6.34. The van der Waals surface area contributed by atoms with Crippen LogP contribution in [0.3, 0.4) is 0 Å². The number of non-ortho nitro benzene ring substituents is 1. The topological polar surface area (TPSA) is 63.5 Å². The molecule has 0 saturated heterocycles. The molecule has 1 amide bonds. The van der Waals surface area contributed by atoms with Crippen LogP contribution < -0.4 is 0 Å². The highest BCUT2D eigenvalue weighted by atomic mass is 19.1. The predicted molar refractivity (Wildman–Crippen MR) is 80.0 cm³/mol. The van der Waals surface area contributed by atoms with Crippen molar-refractivity contribution in [3.8, 4) is 0 Å². The molecule has 1 unspecified atom stereocenters. The molecule has 0 spiro atoms. The fourth-order valence-electron chi connectivity index (χ4n) is 2.12. The lowest BCUT2D eigenvalue weighted by atomic mass is 10.1. The van der Waals surface area contributed by atoms with E-state index in [2.05, 4.69) is 0 Å². The lowest BCUT2D eigenvalue weighted by Crippen LogP contribution is -2.30. The summed E-state index contributed by atoms with van der Waals surface area (Å²) in [5, 5.41) is 10.8. The van der Waals surface area contributed by atoms with Crippen LogP contribution in [0, 0.1) is 15.9 Å². The quantitative estimate of drug-likeness (QED) is 0.640. The summed E-state index contributed by atoms with van der Waals surface area (Å²) in [5.41, 5.74) is 0.541. The fourth-order valence-corrected chi connectivity index (χ4v) is 2.12. The highest BCUT2D eigenvalue weighted by molar-refractivity contribution is 5.94. The lowest BCUT2D eigenvalue weighted by molar-refractivity contribution is -0.384. The second-order valence-corrected chi connectivity index (χ2v) is 4.92. The smallest absolute Gasteiger partial charge is 0.269 e. The molecule has 0 aliphatic heterocycles. The summed E-state index contributed by atoms with van der Waals surface area (Å²) in [6.07, 6.45) is 0. The van der Waals surface area contributed by atoms with Crippen LogP contribution in [0.2, 0.25) is 0 Å². The zero-order valence-electron chi connectivity index (χ0n) is 12.2. The first-order valence-electron chi connectivity index (χ1n) is 6.68. The van der Waals surface area contributed by atoms with Crippen molar-refractivity contribution in [2.75, 3.05) is 7.05 Å². The van der Waals surface area contributed by atoms with Crippen LogP contribution in [-0.2, 0) is 0 Å². The van der Waals surface area contributed by atoms with Crippen LogP contribution in [0.15, 0.2) is 48.5 Å². The van der Waals surface area contributed by atoms with Gasteiger partial charge in [0.1, 0.15) is 5.82 Å². The molecule has 114 valence electrons. The Morgan fingerprint density at radius 3 is 2.55 bits per heavy atom. The lowest BCUT2D eigenvalue weighted by Gasteiger charge is -2.25. The largest absolute Gasteiger partial charge is 0.335 e. The van der Waals surface area contributed by atoms with E-state index in [1.54, 1.807) is 25.1 Å². The van der Waals surface area contributed by atoms with Crippen LogP contribution in [0.1, 0.15) is 28.9 Å². The zero-order valence-corrected chi connectivity index (χ0v) is 12.2. The predicted octanol–water partition coefficient (Wildman–Crippen LogP) is 3.57. The summed E-state index contributed by atoms with van der Waals surface area (Å²) in [4.78, 5) is 24.0. The van der Waals surface area contributed by atoms with Crippen molar-refractivity contribution in [3.05, 3.63) is 75.6 Å². The first kappa shape index (κ1) is 15.6. The van der Waals surface area contributed by atoms with Crippen LogP contribution in [0.5, 0.6) is 0 Å². The number of nitro groups is 1. The average molecular weight is 302 g/mol. The molecule has 2 aromatic carbocycles. The summed E-state index contributed by atoms with van der Waals surface area (Å²) in [7, 11) is 1.54. The Labute approximate surface area is 127 Å². The van der Waals surface area contributed by atoms with Gasteiger partial charge in [-0.3, -0.25) is 14.9 Å². The van der Waals surface area contributed by atoms with E-state index >= 15 is 0 Å². The van der Waals surface area contributed by atoms with Gasteiger partial charge in [-0.2, -0.15) is 0 Å². The molecule has 0 radical (unpaired) electrons. The normalized spacial score (nSPS) is 11.8. The third-order valence-electron chi connectivity index (χ3n) is 3.57. The van der Waals surface area contributed by atoms with E-state index in [0.717, 1.165) is 0 Å². The van der Waals surface area contributed by atoms with Crippen molar-refractivity contribution in [1.29, 1.82) is 0 Å². The van der Waals surface area contributed by atoms with Crippen LogP contribution in [-0.4, -0.2) is 22.8 Å². The number of nitro benzene ring substituents is 1. The van der Waals surface area contributed by atoms with Gasteiger partial charge in [-0.15, -0.1) is 0 Å². The van der Waals surface area contributed by atoms with E-state index in [1.165, 1.54) is 42.3 Å². The van der Waals surface area contributed by atoms with Gasteiger partial charge >= 0.3 is 0 Å². The molecule has 2 rings (SSSR count). The van der Waals surface area contributed by atoms with Gasteiger partial charge in [-0.1, -0.05) is 24.3 Å². The number of rotatable bonds is 4. The summed E-state index contributed by atoms with van der Waals surface area (Å²) in [6, 6.07) is 11.4. The molecule has 22 heavy (non-hydrogen) atoms. The first-order valence-corrected chi connectivity index (χ1v) is 6.68. The number of hydrogen-bond acceptors (Lipinski definition) is 3. The van der Waals surface area contributed by atoms with E-state index in [0.29, 0.717) is 5.56 Å². The SMILES string of the molecule is CC(c1cccc([N+](=O)[O-])c1)N(C)C(=O)c1ccccc1F. The molecule has 0 fully saturated rings. The molecular weight excluding hydrogens is 287 g/mol. The molecule has 0 saturated carbocycles. The molecule has 5 nitrogen and oxygen atoms in total. The fraction of sp³-hybridized carbons (Fsp3) is 0.188. The van der Waals surface area contributed by atoms with E-state index in [4.69, 9.17) is 0 Å². The number of halogens is 1. The molecule has 0 aliphatic carbocycles. The Bertz CT molecular complexity index is 718. The minimum Gasteiger partial charge on any atom is -0.335 e. The van der Waals surface area contributed by atoms with Crippen molar-refractivity contribution >= 4 is 11.6 Å². The van der Waals surface area contributed by atoms with Crippen molar-refractivity contribution in [2.24, 2.45) is 0 Å². The van der Waals surface area contributed by atoms with Crippen molar-refractivity contribution in [3.63, 3.8) is 0 Å². The van der Waals surface area contributed by atoms with Crippen LogP contribution in [0.25, 0.3) is 0 Å². The Morgan fingerprint density at radius 2 is 1.91 bits per heavy atom. The Balaban J connectivity index is 2.27. The van der Waals surface area contributed by atoms with Gasteiger partial charge in [0.15, 0.2) is 0 Å². The van der Waals surface area contributed by atoms with E-state index < -0.39 is 22.7 Å². The standard InChI is InChI=1S/C16H15FN2O3/c1-11(12-6-5-7-13(10-12)19(21)22)18(2)16(20)14-8-3-4-9-15(14)17/h3-11H,1-2H3. The third-order valence-corrected chi connectivity index (χ3v) is 3.57. The summed E-state index contributed by atoms with van der Waals surface area (Å²) >= 11 is 0. The molecule has 1 atom stereocenters. The molecule has 0 aliphatic rings. The maximum atomic E-state index is 13.7. The molecule has 2 aromatic rings. The van der Waals surface area contributed by atoms with Crippen LogP contribution >= 0.6 is 0 Å². The summed E-state index contributed by atoms with van der Waals surface area (Å²) < 4.78 is 13.7. The van der Waals surface area contributed by atoms with Gasteiger partial charge in [0, 0.05) is 19.2 Å². The monoisotopic (exact) mass is 302 g/mol. The van der Waals surface area contributed by atoms with Gasteiger partial charge < -0.3 is 4.90 Å². The number of nitrogens with zero attached hydrogens (tertiary/aromatic N) is 2. The number of carbonyl (C=O) groups is 1. The first-order chi connectivity index (χ1) is 10.4. The summed E-state index contributed by atoms with van der Waals surface area (Å²) in [5.74, 6) is -1.07. The Hall–Kier alpha value is -2.76. The third kappa shape index (κ3) is 3.11. The maximum absolute atomic E-state index is 13.7. The number of carbonyl (C=O) groups excluding carboxylic acids is 1. The second-order valence-electron chi connectivity index (χ2n) is 4.92. The van der Waals surface area contributed by atoms with Gasteiger partial charge in [-0.05, 0) is 24.6 Å². The molecule has 0 aromatic heterocycles. The molecule has 6 heteroatoms. The van der Waals surface area contributed by atoms with E-state index in [9.17, 15) is 19.3 Å². The average Bonchev–Trinajstić information content (AvgIpc) is 2.53. The zero-order chi connectivity index (χ0) is 16.3. The summed E-state index contributed by atoms with van der Waals surface area (Å²) in [6.45, 7) is 1.73. The minimum atomic E-state index is -0.592. The Morgan fingerprint density at radius 1 is 1.23 bits per heavy atom. The van der Waals surface area contributed by atoms with Crippen molar-refractivity contribution in [2.45, 2.75) is 13.0 Å². The van der Waals surface area contributed by atoms with Gasteiger partial charge in [0.05, 0.1) is 16.5 Å². The van der Waals surface area contributed by atoms with Crippen LogP contribution in [0.4, 0.5) is 10.1 Å². The molecule has 0 N–H and O–H groups in total. The van der Waals surface area contributed by atoms with Gasteiger partial charge in [0.2, 0.25) is 0 Å². The molecular formula is C16H15FN2O3. The van der Waals surface area contributed by atoms with Crippen molar-refractivity contribution < 1.29 is 14.1 Å². The van der Waals surface area contributed by atoms with Gasteiger partial charge in [-0.25, -0.2) is 4.39 Å².